The summed E-state index contributed by atoms with van der Waals surface area (Å²) in [5.41, 5.74) is 6.45. The molecule has 0 bridgehead atoms. The van der Waals surface area contributed by atoms with E-state index in [1.807, 2.05) is 24.0 Å². The van der Waals surface area contributed by atoms with Crippen molar-refractivity contribution in [2.75, 3.05) is 11.4 Å². The van der Waals surface area contributed by atoms with Gasteiger partial charge in [0.1, 0.15) is 5.69 Å². The van der Waals surface area contributed by atoms with E-state index in [1.54, 1.807) is 0 Å². The summed E-state index contributed by atoms with van der Waals surface area (Å²) >= 11 is 0. The SMILES string of the molecule is CCc1ccc2c(c1)c(C)c(C(=O)N(CC)c1cccc(C)c1)n2CC. The summed E-state index contributed by atoms with van der Waals surface area (Å²) in [4.78, 5) is 15.4. The van der Waals surface area contributed by atoms with Gasteiger partial charge in [-0.15, -0.1) is 0 Å². The normalized spacial score (nSPS) is 11.1. The van der Waals surface area contributed by atoms with E-state index < -0.39 is 0 Å². The van der Waals surface area contributed by atoms with Gasteiger partial charge in [-0.25, -0.2) is 0 Å². The molecule has 0 fully saturated rings. The first-order valence-electron chi connectivity index (χ1n) is 9.52. The van der Waals surface area contributed by atoms with Crippen LogP contribution in [-0.2, 0) is 13.0 Å². The Kier molecular flexibility index (Phi) is 5.17. The number of rotatable bonds is 5. The molecule has 136 valence electrons. The summed E-state index contributed by atoms with van der Waals surface area (Å²) in [5.74, 6) is 0.0756. The number of anilines is 1. The third kappa shape index (κ3) is 3.03. The minimum Gasteiger partial charge on any atom is -0.337 e. The number of aryl methyl sites for hydroxylation is 4. The third-order valence-corrected chi connectivity index (χ3v) is 5.18. The first-order valence-corrected chi connectivity index (χ1v) is 9.52. The first kappa shape index (κ1) is 18.2. The van der Waals surface area contributed by atoms with E-state index >= 15 is 0 Å². The molecule has 1 aromatic heterocycles. The molecule has 0 unspecified atom stereocenters. The summed E-state index contributed by atoms with van der Waals surface area (Å²) in [7, 11) is 0. The van der Waals surface area contributed by atoms with Crippen molar-refractivity contribution in [3.8, 4) is 0 Å². The van der Waals surface area contributed by atoms with E-state index in [0.717, 1.165) is 41.0 Å². The smallest absolute Gasteiger partial charge is 0.275 e. The van der Waals surface area contributed by atoms with Crippen molar-refractivity contribution in [2.45, 2.75) is 47.6 Å². The summed E-state index contributed by atoms with van der Waals surface area (Å²) in [6, 6.07) is 14.7. The molecule has 1 heterocycles. The molecule has 0 radical (unpaired) electrons. The Hall–Kier alpha value is -2.55. The number of benzene rings is 2. The van der Waals surface area contributed by atoms with Gasteiger partial charge in [-0.1, -0.05) is 25.1 Å². The number of amides is 1. The first-order chi connectivity index (χ1) is 12.5. The molecular weight excluding hydrogens is 320 g/mol. The van der Waals surface area contributed by atoms with E-state index in [9.17, 15) is 4.79 Å². The van der Waals surface area contributed by atoms with Crippen molar-refractivity contribution in [2.24, 2.45) is 0 Å². The molecule has 3 heteroatoms. The Morgan fingerprint density at radius 2 is 1.81 bits per heavy atom. The number of hydrogen-bond acceptors (Lipinski definition) is 1. The lowest BCUT2D eigenvalue weighted by Gasteiger charge is -2.23. The molecule has 0 atom stereocenters. The highest BCUT2D eigenvalue weighted by molar-refractivity contribution is 6.09. The monoisotopic (exact) mass is 348 g/mol. The van der Waals surface area contributed by atoms with Crippen molar-refractivity contribution in [3.05, 3.63) is 64.8 Å². The molecule has 1 amide bonds. The van der Waals surface area contributed by atoms with Crippen LogP contribution in [0.3, 0.4) is 0 Å². The fourth-order valence-corrected chi connectivity index (χ4v) is 3.76. The zero-order valence-corrected chi connectivity index (χ0v) is 16.5. The van der Waals surface area contributed by atoms with Crippen LogP contribution >= 0.6 is 0 Å². The molecule has 0 saturated heterocycles. The van der Waals surface area contributed by atoms with Crippen LogP contribution in [0.2, 0.25) is 0 Å². The highest BCUT2D eigenvalue weighted by atomic mass is 16.2. The van der Waals surface area contributed by atoms with Gasteiger partial charge in [-0.3, -0.25) is 4.79 Å². The Balaban J connectivity index is 2.16. The molecule has 0 spiro atoms. The number of carbonyl (C=O) groups excluding carboxylic acids is 1. The zero-order chi connectivity index (χ0) is 18.8. The van der Waals surface area contributed by atoms with Gasteiger partial charge in [0, 0.05) is 29.7 Å². The van der Waals surface area contributed by atoms with Crippen LogP contribution in [0.4, 0.5) is 5.69 Å². The van der Waals surface area contributed by atoms with E-state index in [2.05, 4.69) is 62.6 Å². The summed E-state index contributed by atoms with van der Waals surface area (Å²) in [6.45, 7) is 11.9. The van der Waals surface area contributed by atoms with Crippen molar-refractivity contribution in [1.82, 2.24) is 4.57 Å². The average Bonchev–Trinajstić information content (AvgIpc) is 2.93. The van der Waals surface area contributed by atoms with Gasteiger partial charge in [0.15, 0.2) is 0 Å². The number of hydrogen-bond donors (Lipinski definition) is 0. The number of aromatic nitrogens is 1. The maximum atomic E-state index is 13.5. The van der Waals surface area contributed by atoms with Crippen LogP contribution in [0.15, 0.2) is 42.5 Å². The Labute approximate surface area is 156 Å². The third-order valence-electron chi connectivity index (χ3n) is 5.18. The Morgan fingerprint density at radius 3 is 2.42 bits per heavy atom. The fraction of sp³-hybridized carbons (Fsp3) is 0.348. The fourth-order valence-electron chi connectivity index (χ4n) is 3.76. The van der Waals surface area contributed by atoms with Gasteiger partial charge in [0.2, 0.25) is 0 Å². The lowest BCUT2D eigenvalue weighted by molar-refractivity contribution is 0.0979. The molecule has 2 aromatic carbocycles. The van der Waals surface area contributed by atoms with Crippen LogP contribution in [0.1, 0.15) is 48.0 Å². The van der Waals surface area contributed by atoms with E-state index in [-0.39, 0.29) is 5.91 Å². The van der Waals surface area contributed by atoms with Crippen LogP contribution < -0.4 is 4.90 Å². The van der Waals surface area contributed by atoms with Crippen LogP contribution in [0.5, 0.6) is 0 Å². The number of nitrogens with zero attached hydrogens (tertiary/aromatic N) is 2. The van der Waals surface area contributed by atoms with E-state index in [1.165, 1.54) is 10.9 Å². The molecule has 26 heavy (non-hydrogen) atoms. The molecule has 3 aromatic rings. The van der Waals surface area contributed by atoms with Gasteiger partial charge >= 0.3 is 0 Å². The molecule has 0 aliphatic carbocycles. The van der Waals surface area contributed by atoms with Crippen molar-refractivity contribution < 1.29 is 4.79 Å². The maximum Gasteiger partial charge on any atom is 0.275 e. The van der Waals surface area contributed by atoms with Gasteiger partial charge in [0.25, 0.3) is 5.91 Å². The summed E-state index contributed by atoms with van der Waals surface area (Å²) in [6.07, 6.45) is 1.00. The summed E-state index contributed by atoms with van der Waals surface area (Å²) < 4.78 is 2.16. The topological polar surface area (TPSA) is 25.2 Å². The van der Waals surface area contributed by atoms with Gasteiger partial charge in [-0.2, -0.15) is 0 Å². The zero-order valence-electron chi connectivity index (χ0n) is 16.5. The molecule has 0 aliphatic rings. The summed E-state index contributed by atoms with van der Waals surface area (Å²) in [5, 5.41) is 1.19. The lowest BCUT2D eigenvalue weighted by Crippen LogP contribution is -2.32. The quantitative estimate of drug-likeness (QED) is 0.597. The van der Waals surface area contributed by atoms with E-state index in [0.29, 0.717) is 6.54 Å². The van der Waals surface area contributed by atoms with Crippen molar-refractivity contribution in [1.29, 1.82) is 0 Å². The highest BCUT2D eigenvalue weighted by Crippen LogP contribution is 2.29. The predicted molar refractivity (Wildman–Crippen MR) is 110 cm³/mol. The van der Waals surface area contributed by atoms with Crippen LogP contribution in [0.25, 0.3) is 10.9 Å². The van der Waals surface area contributed by atoms with E-state index in [4.69, 9.17) is 0 Å². The van der Waals surface area contributed by atoms with Crippen molar-refractivity contribution >= 4 is 22.5 Å². The lowest BCUT2D eigenvalue weighted by atomic mass is 10.1. The standard InChI is InChI=1S/C23H28N2O/c1-6-18-12-13-21-20(15-18)17(5)22(25(21)8-3)23(26)24(7-2)19-11-9-10-16(4)14-19/h9-15H,6-8H2,1-5H3. The molecular formula is C23H28N2O. The number of fused-ring (bicyclic) bond motifs is 1. The molecule has 3 nitrogen and oxygen atoms in total. The second-order valence-corrected chi connectivity index (χ2v) is 6.81. The van der Waals surface area contributed by atoms with Crippen molar-refractivity contribution in [3.63, 3.8) is 0 Å². The van der Waals surface area contributed by atoms with Crippen LogP contribution in [-0.4, -0.2) is 17.0 Å². The Bertz CT molecular complexity index is 952. The molecule has 3 rings (SSSR count). The second-order valence-electron chi connectivity index (χ2n) is 6.81. The molecule has 0 saturated carbocycles. The minimum absolute atomic E-state index is 0.0756. The molecule has 0 aliphatic heterocycles. The maximum absolute atomic E-state index is 13.5. The average molecular weight is 348 g/mol. The largest absolute Gasteiger partial charge is 0.337 e. The Morgan fingerprint density at radius 1 is 1.04 bits per heavy atom. The second kappa shape index (κ2) is 7.36. The predicted octanol–water partition coefficient (Wildman–Crippen LogP) is 5.51. The number of carbonyl (C=O) groups is 1. The van der Waals surface area contributed by atoms with Crippen LogP contribution in [0, 0.1) is 13.8 Å². The van der Waals surface area contributed by atoms with Gasteiger partial charge in [-0.05, 0) is 75.1 Å². The minimum atomic E-state index is 0.0756. The molecule has 0 N–H and O–H groups in total. The van der Waals surface area contributed by atoms with Gasteiger partial charge < -0.3 is 9.47 Å². The highest BCUT2D eigenvalue weighted by Gasteiger charge is 2.24. The van der Waals surface area contributed by atoms with Gasteiger partial charge in [0.05, 0.1) is 0 Å².